The third kappa shape index (κ3) is 3.69. The number of hydrogen-bond acceptors (Lipinski definition) is 3. The van der Waals surface area contributed by atoms with E-state index < -0.39 is 0 Å². The molecule has 1 atom stereocenters. The van der Waals surface area contributed by atoms with Crippen molar-refractivity contribution in [1.82, 2.24) is 10.2 Å². The molecule has 0 heterocycles. The van der Waals surface area contributed by atoms with E-state index >= 15 is 0 Å². The van der Waals surface area contributed by atoms with Crippen molar-refractivity contribution in [3.8, 4) is 0 Å². The second-order valence-corrected chi connectivity index (χ2v) is 5.49. The van der Waals surface area contributed by atoms with Crippen LogP contribution in [0.5, 0.6) is 0 Å². The maximum Gasteiger partial charge on any atom is 0.237 e. The summed E-state index contributed by atoms with van der Waals surface area (Å²) < 4.78 is 0. The molecule has 0 aromatic rings. The average molecular weight is 256 g/mol. The van der Waals surface area contributed by atoms with Crippen molar-refractivity contribution in [2.45, 2.75) is 64.0 Å². The van der Waals surface area contributed by atoms with Crippen LogP contribution >= 0.6 is 0 Å². The number of rotatable bonds is 6. The molecule has 0 aliphatic heterocycles. The second kappa shape index (κ2) is 7.10. The minimum Gasteiger partial charge on any atom is -0.394 e. The lowest BCUT2D eigenvalue weighted by Gasteiger charge is -2.38. The largest absolute Gasteiger partial charge is 0.394 e. The smallest absolute Gasteiger partial charge is 0.237 e. The van der Waals surface area contributed by atoms with Crippen molar-refractivity contribution in [2.75, 3.05) is 20.2 Å². The number of nitrogens with one attached hydrogen (secondary N) is 1. The van der Waals surface area contributed by atoms with Gasteiger partial charge < -0.3 is 10.4 Å². The molecule has 1 fully saturated rings. The van der Waals surface area contributed by atoms with Gasteiger partial charge in [-0.15, -0.1) is 0 Å². The molecule has 0 saturated heterocycles. The zero-order valence-electron chi connectivity index (χ0n) is 12.0. The molecule has 1 unspecified atom stereocenters. The Kier molecular flexibility index (Phi) is 6.09. The monoisotopic (exact) mass is 256 g/mol. The molecule has 2 N–H and O–H groups in total. The predicted octanol–water partition coefficient (Wildman–Crippen LogP) is 1.53. The van der Waals surface area contributed by atoms with E-state index in [4.69, 9.17) is 0 Å². The molecule has 1 amide bonds. The van der Waals surface area contributed by atoms with Gasteiger partial charge in [0.05, 0.1) is 18.2 Å². The SMILES string of the molecule is CCC(C(=O)NC1(CO)CCCCC1)N(C)CC. The molecule has 1 rings (SSSR count). The number of aliphatic hydroxyl groups excluding tert-OH is 1. The van der Waals surface area contributed by atoms with Gasteiger partial charge in [0.1, 0.15) is 0 Å². The fourth-order valence-corrected chi connectivity index (χ4v) is 2.81. The fourth-order valence-electron chi connectivity index (χ4n) is 2.81. The first kappa shape index (κ1) is 15.4. The topological polar surface area (TPSA) is 52.6 Å². The summed E-state index contributed by atoms with van der Waals surface area (Å²) >= 11 is 0. The molecule has 0 radical (unpaired) electrons. The van der Waals surface area contributed by atoms with Crippen molar-refractivity contribution in [1.29, 1.82) is 0 Å². The molecule has 0 aromatic heterocycles. The first-order valence-electron chi connectivity index (χ1n) is 7.21. The zero-order chi connectivity index (χ0) is 13.6. The van der Waals surface area contributed by atoms with Crippen LogP contribution in [0.15, 0.2) is 0 Å². The standard InChI is InChI=1S/C14H28N2O2/c1-4-12(16(3)5-2)13(18)15-14(11-17)9-7-6-8-10-14/h12,17H,4-11H2,1-3H3,(H,15,18). The third-order valence-corrected chi connectivity index (χ3v) is 4.22. The molecule has 4 heteroatoms. The van der Waals surface area contributed by atoms with E-state index in [1.807, 2.05) is 14.0 Å². The maximum absolute atomic E-state index is 12.3. The number of likely N-dealkylation sites (N-methyl/N-ethyl adjacent to an activating group) is 1. The van der Waals surface area contributed by atoms with Crippen molar-refractivity contribution in [3.05, 3.63) is 0 Å². The van der Waals surface area contributed by atoms with E-state index in [1.54, 1.807) is 0 Å². The van der Waals surface area contributed by atoms with Gasteiger partial charge in [-0.3, -0.25) is 9.69 Å². The predicted molar refractivity (Wildman–Crippen MR) is 73.4 cm³/mol. The van der Waals surface area contributed by atoms with Crippen LogP contribution < -0.4 is 5.32 Å². The maximum atomic E-state index is 12.3. The Labute approximate surface area is 111 Å². The van der Waals surface area contributed by atoms with Crippen LogP contribution in [0, 0.1) is 0 Å². The third-order valence-electron chi connectivity index (χ3n) is 4.22. The van der Waals surface area contributed by atoms with Gasteiger partial charge in [0, 0.05) is 0 Å². The number of carbonyl (C=O) groups excluding carboxylic acids is 1. The van der Waals surface area contributed by atoms with E-state index in [9.17, 15) is 9.90 Å². The summed E-state index contributed by atoms with van der Waals surface area (Å²) in [5.41, 5.74) is -0.364. The molecule has 0 bridgehead atoms. The van der Waals surface area contributed by atoms with E-state index in [0.717, 1.165) is 38.6 Å². The van der Waals surface area contributed by atoms with Crippen LogP contribution in [0.1, 0.15) is 52.4 Å². The summed E-state index contributed by atoms with van der Waals surface area (Å²) in [7, 11) is 1.97. The summed E-state index contributed by atoms with van der Waals surface area (Å²) in [4.78, 5) is 14.4. The number of nitrogens with zero attached hydrogens (tertiary/aromatic N) is 1. The Morgan fingerprint density at radius 1 is 1.33 bits per heavy atom. The Morgan fingerprint density at radius 2 is 1.94 bits per heavy atom. The number of carbonyl (C=O) groups is 1. The summed E-state index contributed by atoms with van der Waals surface area (Å²) in [6.45, 7) is 5.00. The second-order valence-electron chi connectivity index (χ2n) is 5.49. The molecule has 1 aliphatic rings. The molecule has 18 heavy (non-hydrogen) atoms. The highest BCUT2D eigenvalue weighted by Gasteiger charge is 2.35. The van der Waals surface area contributed by atoms with E-state index in [-0.39, 0.29) is 24.1 Å². The highest BCUT2D eigenvalue weighted by Crippen LogP contribution is 2.28. The first-order valence-corrected chi connectivity index (χ1v) is 7.21. The minimum absolute atomic E-state index is 0.0605. The van der Waals surface area contributed by atoms with Gasteiger partial charge in [-0.25, -0.2) is 0 Å². The molecule has 1 saturated carbocycles. The van der Waals surface area contributed by atoms with Gasteiger partial charge in [0.15, 0.2) is 0 Å². The lowest BCUT2D eigenvalue weighted by Crippen LogP contribution is -2.57. The van der Waals surface area contributed by atoms with Crippen LogP contribution in [0.3, 0.4) is 0 Å². The molecule has 0 spiro atoms. The Bertz CT molecular complexity index is 263. The van der Waals surface area contributed by atoms with Crippen molar-refractivity contribution in [3.63, 3.8) is 0 Å². The zero-order valence-corrected chi connectivity index (χ0v) is 12.0. The van der Waals surface area contributed by atoms with Gasteiger partial charge in [-0.05, 0) is 32.9 Å². The Morgan fingerprint density at radius 3 is 2.39 bits per heavy atom. The van der Waals surface area contributed by atoms with Crippen LogP contribution in [-0.4, -0.2) is 47.7 Å². The van der Waals surface area contributed by atoms with Crippen molar-refractivity contribution < 1.29 is 9.90 Å². The van der Waals surface area contributed by atoms with Gasteiger partial charge in [0.2, 0.25) is 5.91 Å². The lowest BCUT2D eigenvalue weighted by atomic mass is 9.82. The van der Waals surface area contributed by atoms with Gasteiger partial charge in [-0.2, -0.15) is 0 Å². The Balaban J connectivity index is 2.65. The number of aliphatic hydroxyl groups is 1. The molecule has 1 aliphatic carbocycles. The van der Waals surface area contributed by atoms with Gasteiger partial charge in [0.25, 0.3) is 0 Å². The van der Waals surface area contributed by atoms with Crippen LogP contribution in [0.25, 0.3) is 0 Å². The number of amides is 1. The van der Waals surface area contributed by atoms with Crippen LogP contribution in [0.4, 0.5) is 0 Å². The van der Waals surface area contributed by atoms with Gasteiger partial charge in [-0.1, -0.05) is 33.1 Å². The molecule has 0 aromatic carbocycles. The molecular formula is C14H28N2O2. The lowest BCUT2D eigenvalue weighted by molar-refractivity contribution is -0.129. The summed E-state index contributed by atoms with van der Waals surface area (Å²) in [6.07, 6.45) is 6.02. The van der Waals surface area contributed by atoms with Gasteiger partial charge >= 0.3 is 0 Å². The summed E-state index contributed by atoms with van der Waals surface area (Å²) in [5.74, 6) is 0.0674. The van der Waals surface area contributed by atoms with Crippen molar-refractivity contribution in [2.24, 2.45) is 0 Å². The molecular weight excluding hydrogens is 228 g/mol. The van der Waals surface area contributed by atoms with Crippen LogP contribution in [0.2, 0.25) is 0 Å². The molecule has 4 nitrogen and oxygen atoms in total. The fraction of sp³-hybridized carbons (Fsp3) is 0.929. The highest BCUT2D eigenvalue weighted by molar-refractivity contribution is 5.82. The first-order chi connectivity index (χ1) is 8.58. The van der Waals surface area contributed by atoms with E-state index in [2.05, 4.69) is 17.1 Å². The summed E-state index contributed by atoms with van der Waals surface area (Å²) in [5, 5.41) is 12.7. The minimum atomic E-state index is -0.364. The Hall–Kier alpha value is -0.610. The number of hydrogen-bond donors (Lipinski definition) is 2. The normalized spacial score (nSPS) is 20.7. The average Bonchev–Trinajstić information content (AvgIpc) is 2.40. The molecule has 106 valence electrons. The summed E-state index contributed by atoms with van der Waals surface area (Å²) in [6, 6.07) is -0.0830. The quantitative estimate of drug-likeness (QED) is 0.758. The van der Waals surface area contributed by atoms with Crippen LogP contribution in [-0.2, 0) is 4.79 Å². The van der Waals surface area contributed by atoms with E-state index in [0.29, 0.717) is 0 Å². The van der Waals surface area contributed by atoms with Crippen molar-refractivity contribution >= 4 is 5.91 Å². The van der Waals surface area contributed by atoms with E-state index in [1.165, 1.54) is 6.42 Å². The highest BCUT2D eigenvalue weighted by atomic mass is 16.3.